The molecule has 1 saturated carbocycles. The van der Waals surface area contributed by atoms with Gasteiger partial charge in [-0.2, -0.15) is 0 Å². The maximum absolute atomic E-state index is 12.2. The van der Waals surface area contributed by atoms with Crippen molar-refractivity contribution in [3.05, 3.63) is 30.3 Å². The Bertz CT molecular complexity index is 700. The molecular formula is C18H28N4O3S. The maximum Gasteiger partial charge on any atom is 0.223 e. The number of carbonyl (C=O) groups excluding carboxylic acids is 1. The number of guanidine groups is 1. The van der Waals surface area contributed by atoms with Gasteiger partial charge in [-0.1, -0.05) is 18.2 Å². The van der Waals surface area contributed by atoms with Crippen LogP contribution in [0.2, 0.25) is 0 Å². The van der Waals surface area contributed by atoms with Crippen molar-refractivity contribution in [2.45, 2.75) is 31.1 Å². The Hall–Kier alpha value is -2.09. The van der Waals surface area contributed by atoms with E-state index in [9.17, 15) is 13.2 Å². The first-order chi connectivity index (χ1) is 12.5. The molecule has 26 heavy (non-hydrogen) atoms. The van der Waals surface area contributed by atoms with Gasteiger partial charge in [-0.05, 0) is 38.3 Å². The normalized spacial score (nSPS) is 14.7. The number of nitrogens with zero attached hydrogens (tertiary/aromatic N) is 1. The molecule has 0 radical (unpaired) electrons. The van der Waals surface area contributed by atoms with Crippen LogP contribution in [0.5, 0.6) is 0 Å². The van der Waals surface area contributed by atoms with E-state index in [2.05, 4.69) is 20.9 Å². The van der Waals surface area contributed by atoms with Crippen molar-refractivity contribution in [3.63, 3.8) is 0 Å². The van der Waals surface area contributed by atoms with E-state index in [4.69, 9.17) is 0 Å². The van der Waals surface area contributed by atoms with Crippen LogP contribution in [0.1, 0.15) is 26.2 Å². The van der Waals surface area contributed by atoms with Crippen LogP contribution < -0.4 is 16.0 Å². The predicted molar refractivity (Wildman–Crippen MR) is 103 cm³/mol. The summed E-state index contributed by atoms with van der Waals surface area (Å²) in [6.45, 7) is 4.21. The van der Waals surface area contributed by atoms with Crippen LogP contribution in [-0.2, 0) is 14.6 Å². The number of rotatable bonds is 10. The van der Waals surface area contributed by atoms with Crippen molar-refractivity contribution in [1.82, 2.24) is 16.0 Å². The second-order valence-electron chi connectivity index (χ2n) is 6.24. The highest BCUT2D eigenvalue weighted by molar-refractivity contribution is 7.91. The van der Waals surface area contributed by atoms with Gasteiger partial charge in [-0.25, -0.2) is 8.42 Å². The molecule has 0 bridgehead atoms. The quantitative estimate of drug-likeness (QED) is 0.319. The molecule has 0 atom stereocenters. The molecule has 1 aromatic carbocycles. The van der Waals surface area contributed by atoms with Crippen molar-refractivity contribution < 1.29 is 13.2 Å². The Morgan fingerprint density at radius 2 is 1.81 bits per heavy atom. The number of hydrogen-bond acceptors (Lipinski definition) is 4. The topological polar surface area (TPSA) is 99.7 Å². The number of hydrogen-bond donors (Lipinski definition) is 3. The Balaban J connectivity index is 1.71. The summed E-state index contributed by atoms with van der Waals surface area (Å²) >= 11 is 0. The summed E-state index contributed by atoms with van der Waals surface area (Å²) in [4.78, 5) is 16.3. The molecule has 1 fully saturated rings. The lowest BCUT2D eigenvalue weighted by Crippen LogP contribution is -2.41. The molecule has 8 heteroatoms. The zero-order valence-electron chi connectivity index (χ0n) is 15.2. The van der Waals surface area contributed by atoms with Gasteiger partial charge in [0.05, 0.1) is 10.6 Å². The molecule has 0 aliphatic heterocycles. The van der Waals surface area contributed by atoms with Gasteiger partial charge >= 0.3 is 0 Å². The van der Waals surface area contributed by atoms with Gasteiger partial charge in [0, 0.05) is 32.1 Å². The lowest BCUT2D eigenvalue weighted by Gasteiger charge is -2.12. The third kappa shape index (κ3) is 7.03. The third-order valence-corrected chi connectivity index (χ3v) is 5.77. The molecule has 1 amide bonds. The summed E-state index contributed by atoms with van der Waals surface area (Å²) in [6, 6.07) is 8.46. The summed E-state index contributed by atoms with van der Waals surface area (Å²) in [7, 11) is -3.26. The summed E-state index contributed by atoms with van der Waals surface area (Å²) in [5, 5.41) is 9.14. The van der Waals surface area contributed by atoms with Gasteiger partial charge in [-0.15, -0.1) is 0 Å². The molecule has 2 rings (SSSR count). The maximum atomic E-state index is 12.2. The smallest absolute Gasteiger partial charge is 0.223 e. The van der Waals surface area contributed by atoms with Crippen LogP contribution in [0.15, 0.2) is 40.2 Å². The zero-order chi connectivity index (χ0) is 18.8. The Morgan fingerprint density at radius 3 is 2.46 bits per heavy atom. The van der Waals surface area contributed by atoms with E-state index >= 15 is 0 Å². The first kappa shape index (κ1) is 20.2. The number of amides is 1. The monoisotopic (exact) mass is 380 g/mol. The Morgan fingerprint density at radius 1 is 1.12 bits per heavy atom. The van der Waals surface area contributed by atoms with E-state index in [1.165, 1.54) is 0 Å². The number of benzene rings is 1. The van der Waals surface area contributed by atoms with Gasteiger partial charge in [-0.3, -0.25) is 9.79 Å². The molecule has 1 aromatic rings. The zero-order valence-corrected chi connectivity index (χ0v) is 16.0. The highest BCUT2D eigenvalue weighted by Gasteiger charge is 2.28. The molecule has 0 spiro atoms. The van der Waals surface area contributed by atoms with Crippen LogP contribution in [0.25, 0.3) is 0 Å². The fourth-order valence-electron chi connectivity index (χ4n) is 2.39. The molecule has 0 saturated heterocycles. The highest BCUT2D eigenvalue weighted by atomic mass is 32.2. The second kappa shape index (κ2) is 10.2. The SMILES string of the molecule is CCNC(=NCCCS(=O)(=O)c1ccccc1)NCCNC(=O)C1CC1. The van der Waals surface area contributed by atoms with E-state index in [0.717, 1.165) is 12.8 Å². The average molecular weight is 381 g/mol. The lowest BCUT2D eigenvalue weighted by atomic mass is 10.4. The summed E-state index contributed by atoms with van der Waals surface area (Å²) < 4.78 is 24.4. The fraction of sp³-hybridized carbons (Fsp3) is 0.556. The van der Waals surface area contributed by atoms with E-state index < -0.39 is 9.84 Å². The van der Waals surface area contributed by atoms with Crippen LogP contribution in [0.4, 0.5) is 0 Å². The standard InChI is InChI=1S/C18H28N4O3S/c1-2-19-18(22-13-12-20-17(23)15-9-10-15)21-11-6-14-26(24,25)16-7-4-3-5-8-16/h3-5,7-8,15H,2,6,9-14H2,1H3,(H,20,23)(H2,19,21,22). The number of sulfone groups is 1. The highest BCUT2D eigenvalue weighted by Crippen LogP contribution is 2.28. The molecule has 0 unspecified atom stereocenters. The van der Waals surface area contributed by atoms with Crippen LogP contribution in [0, 0.1) is 5.92 Å². The van der Waals surface area contributed by atoms with Crippen molar-refractivity contribution in [2.75, 3.05) is 31.9 Å². The number of aliphatic imine (C=N–C) groups is 1. The minimum atomic E-state index is -3.26. The molecule has 0 aromatic heterocycles. The minimum absolute atomic E-state index is 0.0668. The van der Waals surface area contributed by atoms with E-state index in [-0.39, 0.29) is 17.6 Å². The van der Waals surface area contributed by atoms with Crippen molar-refractivity contribution >= 4 is 21.7 Å². The van der Waals surface area contributed by atoms with Gasteiger partial charge in [0.25, 0.3) is 0 Å². The number of carbonyl (C=O) groups is 1. The number of nitrogens with one attached hydrogen (secondary N) is 3. The van der Waals surface area contributed by atoms with E-state index in [0.29, 0.717) is 43.5 Å². The molecular weight excluding hydrogens is 352 g/mol. The Labute approximate surface area is 155 Å². The molecule has 0 heterocycles. The second-order valence-corrected chi connectivity index (χ2v) is 8.35. The van der Waals surface area contributed by atoms with Crippen molar-refractivity contribution in [3.8, 4) is 0 Å². The Kier molecular flexibility index (Phi) is 7.90. The summed E-state index contributed by atoms with van der Waals surface area (Å²) in [5.41, 5.74) is 0. The van der Waals surface area contributed by atoms with Gasteiger partial charge in [0.1, 0.15) is 0 Å². The first-order valence-electron chi connectivity index (χ1n) is 9.10. The fourth-order valence-corrected chi connectivity index (χ4v) is 3.71. The summed E-state index contributed by atoms with van der Waals surface area (Å²) in [5.74, 6) is 1.03. The third-order valence-electron chi connectivity index (χ3n) is 3.95. The molecule has 1 aliphatic carbocycles. The van der Waals surface area contributed by atoms with Crippen LogP contribution in [-0.4, -0.2) is 52.2 Å². The lowest BCUT2D eigenvalue weighted by molar-refractivity contribution is -0.122. The molecule has 1 aliphatic rings. The minimum Gasteiger partial charge on any atom is -0.357 e. The van der Waals surface area contributed by atoms with Crippen LogP contribution in [0.3, 0.4) is 0 Å². The van der Waals surface area contributed by atoms with Gasteiger partial charge in [0.15, 0.2) is 15.8 Å². The van der Waals surface area contributed by atoms with Crippen molar-refractivity contribution in [2.24, 2.45) is 10.9 Å². The average Bonchev–Trinajstić information content (AvgIpc) is 3.48. The molecule has 3 N–H and O–H groups in total. The van der Waals surface area contributed by atoms with Crippen LogP contribution >= 0.6 is 0 Å². The largest absolute Gasteiger partial charge is 0.357 e. The van der Waals surface area contributed by atoms with E-state index in [1.54, 1.807) is 30.3 Å². The first-order valence-corrected chi connectivity index (χ1v) is 10.8. The van der Waals surface area contributed by atoms with Gasteiger partial charge < -0.3 is 16.0 Å². The predicted octanol–water partition coefficient (Wildman–Crippen LogP) is 0.932. The van der Waals surface area contributed by atoms with Gasteiger partial charge in [0.2, 0.25) is 5.91 Å². The molecule has 7 nitrogen and oxygen atoms in total. The van der Waals surface area contributed by atoms with Crippen molar-refractivity contribution in [1.29, 1.82) is 0 Å². The molecule has 144 valence electrons. The van der Waals surface area contributed by atoms with E-state index in [1.807, 2.05) is 6.92 Å². The summed E-state index contributed by atoms with van der Waals surface area (Å²) in [6.07, 6.45) is 2.44.